The van der Waals surface area contributed by atoms with Gasteiger partial charge < -0.3 is 14.8 Å². The summed E-state index contributed by atoms with van der Waals surface area (Å²) in [6, 6.07) is 3.24. The van der Waals surface area contributed by atoms with Gasteiger partial charge in [-0.3, -0.25) is 0 Å². The molecule has 0 spiro atoms. The number of nitrogens with one attached hydrogen (secondary N) is 1. The lowest BCUT2D eigenvalue weighted by Gasteiger charge is -2.21. The number of benzene rings is 1. The second-order valence-corrected chi connectivity index (χ2v) is 6.89. The molecule has 1 aliphatic heterocycles. The van der Waals surface area contributed by atoms with E-state index in [1.807, 2.05) is 0 Å². The summed E-state index contributed by atoms with van der Waals surface area (Å²) in [7, 11) is -0.483. The Labute approximate surface area is 138 Å². The zero-order valence-electron chi connectivity index (χ0n) is 13.1. The van der Waals surface area contributed by atoms with Gasteiger partial charge in [-0.05, 0) is 31.5 Å². The third-order valence-corrected chi connectivity index (χ3v) is 5.64. The third kappa shape index (κ3) is 3.84. The van der Waals surface area contributed by atoms with Gasteiger partial charge in [0.1, 0.15) is 0 Å². The molecule has 1 fully saturated rings. The van der Waals surface area contributed by atoms with Crippen LogP contribution in [0, 0.1) is 6.92 Å². The van der Waals surface area contributed by atoms with E-state index in [2.05, 4.69) is 5.32 Å². The lowest BCUT2D eigenvalue weighted by Crippen LogP contribution is -2.34. The molecule has 8 heteroatoms. The van der Waals surface area contributed by atoms with E-state index in [0.717, 1.165) is 13.0 Å². The first-order chi connectivity index (χ1) is 10.0. The molecule has 2 rings (SSSR count). The molecular weight excluding hydrogens is 328 g/mol. The highest BCUT2D eigenvalue weighted by atomic mass is 35.5. The quantitative estimate of drug-likeness (QED) is 0.889. The van der Waals surface area contributed by atoms with Crippen molar-refractivity contribution in [1.82, 2.24) is 9.62 Å². The Morgan fingerprint density at radius 1 is 1.09 bits per heavy atom. The topological polar surface area (TPSA) is 67.9 Å². The number of aryl methyl sites for hydroxylation is 1. The molecule has 0 aromatic heterocycles. The zero-order chi connectivity index (χ0) is 15.5. The SMILES string of the molecule is COc1cc(C)c(S(=O)(=O)N2CCCNCC2)cc1OC.Cl. The minimum Gasteiger partial charge on any atom is -0.493 e. The fourth-order valence-corrected chi connectivity index (χ4v) is 4.14. The summed E-state index contributed by atoms with van der Waals surface area (Å²) in [5.41, 5.74) is 0.657. The average molecular weight is 351 g/mol. The summed E-state index contributed by atoms with van der Waals surface area (Å²) in [4.78, 5) is 0.280. The van der Waals surface area contributed by atoms with E-state index in [9.17, 15) is 8.42 Å². The highest BCUT2D eigenvalue weighted by molar-refractivity contribution is 7.89. The molecule has 1 aromatic rings. The number of nitrogens with zero attached hydrogens (tertiary/aromatic N) is 1. The Balaban J connectivity index is 0.00000242. The van der Waals surface area contributed by atoms with Crippen molar-refractivity contribution >= 4 is 22.4 Å². The maximum absolute atomic E-state index is 12.8. The number of halogens is 1. The molecule has 1 aliphatic rings. The van der Waals surface area contributed by atoms with Crippen molar-refractivity contribution < 1.29 is 17.9 Å². The van der Waals surface area contributed by atoms with Crippen LogP contribution in [0.3, 0.4) is 0 Å². The first kappa shape index (κ1) is 19.0. The fourth-order valence-electron chi connectivity index (χ4n) is 2.44. The molecule has 1 aromatic carbocycles. The van der Waals surface area contributed by atoms with Crippen LogP contribution >= 0.6 is 12.4 Å². The van der Waals surface area contributed by atoms with Gasteiger partial charge in [-0.1, -0.05) is 0 Å². The second kappa shape index (κ2) is 8.01. The molecule has 1 N–H and O–H groups in total. The highest BCUT2D eigenvalue weighted by Gasteiger charge is 2.28. The first-order valence-corrected chi connectivity index (χ1v) is 8.38. The van der Waals surface area contributed by atoms with E-state index in [-0.39, 0.29) is 17.3 Å². The molecule has 0 bridgehead atoms. The molecule has 0 unspecified atom stereocenters. The van der Waals surface area contributed by atoms with Crippen LogP contribution in [-0.4, -0.2) is 53.1 Å². The van der Waals surface area contributed by atoms with E-state index < -0.39 is 10.0 Å². The predicted molar refractivity (Wildman–Crippen MR) is 87.8 cm³/mol. The molecule has 126 valence electrons. The standard InChI is InChI=1S/C14H22N2O4S.ClH/c1-11-9-12(19-2)13(20-3)10-14(11)21(17,18)16-7-4-5-15-6-8-16;/h9-10,15H,4-8H2,1-3H3;1H. The molecule has 22 heavy (non-hydrogen) atoms. The van der Waals surface area contributed by atoms with Crippen LogP contribution in [-0.2, 0) is 10.0 Å². The minimum atomic E-state index is -3.52. The van der Waals surface area contributed by atoms with Crippen molar-refractivity contribution in [1.29, 1.82) is 0 Å². The first-order valence-electron chi connectivity index (χ1n) is 6.94. The number of ether oxygens (including phenoxy) is 2. The number of methoxy groups -OCH3 is 2. The van der Waals surface area contributed by atoms with Crippen molar-refractivity contribution in [2.75, 3.05) is 40.4 Å². The summed E-state index contributed by atoms with van der Waals surface area (Å²) in [5, 5.41) is 3.21. The molecule has 1 heterocycles. The van der Waals surface area contributed by atoms with E-state index in [1.54, 1.807) is 19.1 Å². The predicted octanol–water partition coefficient (Wildman–Crippen LogP) is 1.42. The van der Waals surface area contributed by atoms with Gasteiger partial charge in [-0.2, -0.15) is 4.31 Å². The van der Waals surface area contributed by atoms with Crippen LogP contribution < -0.4 is 14.8 Å². The Morgan fingerprint density at radius 3 is 2.36 bits per heavy atom. The average Bonchev–Trinajstić information content (AvgIpc) is 2.76. The Bertz CT molecular complexity index is 599. The second-order valence-electron chi connectivity index (χ2n) is 4.98. The maximum atomic E-state index is 12.8. The lowest BCUT2D eigenvalue weighted by atomic mass is 10.2. The summed E-state index contributed by atoms with van der Waals surface area (Å²) < 4.78 is 37.6. The van der Waals surface area contributed by atoms with Crippen LogP contribution in [0.1, 0.15) is 12.0 Å². The molecule has 0 aliphatic carbocycles. The van der Waals surface area contributed by atoms with Gasteiger partial charge in [-0.25, -0.2) is 8.42 Å². The lowest BCUT2D eigenvalue weighted by molar-refractivity contribution is 0.353. The molecule has 1 saturated heterocycles. The normalized spacial score (nSPS) is 16.5. The smallest absolute Gasteiger partial charge is 0.243 e. The van der Waals surface area contributed by atoms with E-state index >= 15 is 0 Å². The summed E-state index contributed by atoms with van der Waals surface area (Å²) in [6.45, 7) is 4.30. The van der Waals surface area contributed by atoms with Gasteiger partial charge in [0.05, 0.1) is 19.1 Å². The maximum Gasteiger partial charge on any atom is 0.243 e. The van der Waals surface area contributed by atoms with Gasteiger partial charge in [0, 0.05) is 25.7 Å². The number of rotatable bonds is 4. The van der Waals surface area contributed by atoms with Crippen LogP contribution in [0.25, 0.3) is 0 Å². The van der Waals surface area contributed by atoms with Crippen molar-refractivity contribution in [2.24, 2.45) is 0 Å². The van der Waals surface area contributed by atoms with Crippen LogP contribution in [0.5, 0.6) is 11.5 Å². The third-order valence-electron chi connectivity index (χ3n) is 3.60. The van der Waals surface area contributed by atoms with Crippen molar-refractivity contribution in [3.63, 3.8) is 0 Å². The largest absolute Gasteiger partial charge is 0.493 e. The molecule has 0 atom stereocenters. The fraction of sp³-hybridized carbons (Fsp3) is 0.571. The Morgan fingerprint density at radius 2 is 1.73 bits per heavy atom. The minimum absolute atomic E-state index is 0. The van der Waals surface area contributed by atoms with Gasteiger partial charge in [0.2, 0.25) is 10.0 Å². The van der Waals surface area contributed by atoms with Gasteiger partial charge in [0.25, 0.3) is 0 Å². The van der Waals surface area contributed by atoms with E-state index in [1.165, 1.54) is 18.5 Å². The van der Waals surface area contributed by atoms with Crippen molar-refractivity contribution in [3.05, 3.63) is 17.7 Å². The molecule has 0 amide bonds. The summed E-state index contributed by atoms with van der Waals surface area (Å²) in [6.07, 6.45) is 0.811. The van der Waals surface area contributed by atoms with Crippen LogP contribution in [0.4, 0.5) is 0 Å². The molecular formula is C14H23ClN2O4S. The summed E-state index contributed by atoms with van der Waals surface area (Å²) in [5.74, 6) is 0.959. The highest BCUT2D eigenvalue weighted by Crippen LogP contribution is 2.33. The Hall–Kier alpha value is -1.02. The van der Waals surface area contributed by atoms with Crippen LogP contribution in [0.15, 0.2) is 17.0 Å². The monoisotopic (exact) mass is 350 g/mol. The van der Waals surface area contributed by atoms with Gasteiger partial charge in [-0.15, -0.1) is 12.4 Å². The number of hydrogen-bond acceptors (Lipinski definition) is 5. The van der Waals surface area contributed by atoms with Gasteiger partial charge >= 0.3 is 0 Å². The molecule has 0 radical (unpaired) electrons. The van der Waals surface area contributed by atoms with Crippen LogP contribution in [0.2, 0.25) is 0 Å². The number of sulfonamides is 1. The summed E-state index contributed by atoms with van der Waals surface area (Å²) >= 11 is 0. The molecule has 6 nitrogen and oxygen atoms in total. The number of hydrogen-bond donors (Lipinski definition) is 1. The van der Waals surface area contributed by atoms with E-state index in [4.69, 9.17) is 9.47 Å². The van der Waals surface area contributed by atoms with Crippen molar-refractivity contribution in [2.45, 2.75) is 18.2 Å². The zero-order valence-corrected chi connectivity index (χ0v) is 14.7. The van der Waals surface area contributed by atoms with Crippen molar-refractivity contribution in [3.8, 4) is 11.5 Å². The van der Waals surface area contributed by atoms with E-state index in [0.29, 0.717) is 36.7 Å². The molecule has 0 saturated carbocycles. The Kier molecular flexibility index (Phi) is 6.93. The van der Waals surface area contributed by atoms with Gasteiger partial charge in [0.15, 0.2) is 11.5 Å².